The van der Waals surface area contributed by atoms with Crippen LogP contribution in [0.5, 0.6) is 0 Å². The van der Waals surface area contributed by atoms with Crippen LogP contribution in [0.2, 0.25) is 5.02 Å². The second kappa shape index (κ2) is 7.34. The summed E-state index contributed by atoms with van der Waals surface area (Å²) in [6.07, 6.45) is 4.60. The van der Waals surface area contributed by atoms with Gasteiger partial charge in [-0.1, -0.05) is 48.7 Å². The van der Waals surface area contributed by atoms with Crippen LogP contribution in [-0.4, -0.2) is 24.9 Å². The van der Waals surface area contributed by atoms with Gasteiger partial charge in [0.05, 0.1) is 16.2 Å². The fourth-order valence-corrected chi connectivity index (χ4v) is 3.44. The van der Waals surface area contributed by atoms with E-state index in [1.165, 1.54) is 0 Å². The quantitative estimate of drug-likeness (QED) is 0.724. The minimum Gasteiger partial charge on any atom is -0.330 e. The first-order chi connectivity index (χ1) is 12.1. The van der Waals surface area contributed by atoms with E-state index in [-0.39, 0.29) is 18.3 Å². The minimum atomic E-state index is -0.499. The van der Waals surface area contributed by atoms with Gasteiger partial charge < -0.3 is 10.3 Å². The Balaban J connectivity index is 0.00000196. The van der Waals surface area contributed by atoms with E-state index in [4.69, 9.17) is 21.9 Å². The molecule has 0 saturated heterocycles. The molecule has 4 rings (SSSR count). The van der Waals surface area contributed by atoms with Crippen molar-refractivity contribution in [2.24, 2.45) is 5.73 Å². The average Bonchev–Trinajstić information content (AvgIpc) is 3.34. The lowest BCUT2D eigenvalue weighted by Gasteiger charge is -2.17. The third-order valence-corrected chi connectivity index (χ3v) is 4.95. The lowest BCUT2D eigenvalue weighted by molar-refractivity contribution is 0.372. The Kier molecular flexibility index (Phi) is 5.32. The number of aromatic nitrogens is 5. The van der Waals surface area contributed by atoms with Crippen molar-refractivity contribution in [2.45, 2.75) is 44.6 Å². The molecule has 2 N–H and O–H groups in total. The number of hydrogen-bond acceptors (Lipinski definition) is 6. The minimum absolute atomic E-state index is 0. The van der Waals surface area contributed by atoms with Crippen molar-refractivity contribution in [2.75, 3.05) is 0 Å². The smallest absolute Gasteiger partial charge is 0.297 e. The molecule has 1 fully saturated rings. The zero-order chi connectivity index (χ0) is 17.4. The van der Waals surface area contributed by atoms with Gasteiger partial charge >= 0.3 is 0 Å². The van der Waals surface area contributed by atoms with Crippen molar-refractivity contribution in [3.8, 4) is 17.4 Å². The highest BCUT2D eigenvalue weighted by molar-refractivity contribution is 6.32. The zero-order valence-corrected chi connectivity index (χ0v) is 15.9. The van der Waals surface area contributed by atoms with Crippen LogP contribution in [0, 0.1) is 0 Å². The fraction of sp³-hybridized carbons (Fsp3) is 0.412. The van der Waals surface area contributed by atoms with Gasteiger partial charge in [-0.05, 0) is 25.0 Å². The standard InChI is InChI=1S/C17H19ClN6O.ClH/c1-2-13-20-14(22-24(13)12-8-4-3-7-11(12)18)15-21-16(23-25-15)17(19)9-5-6-10-17;/h3-4,7-8H,2,5-6,9-10,19H2,1H3;1H. The molecule has 1 aromatic carbocycles. The molecule has 138 valence electrons. The van der Waals surface area contributed by atoms with Crippen molar-refractivity contribution in [3.63, 3.8) is 0 Å². The molecule has 0 bridgehead atoms. The summed E-state index contributed by atoms with van der Waals surface area (Å²) in [6, 6.07) is 7.50. The number of nitrogens with two attached hydrogens (primary N) is 1. The summed E-state index contributed by atoms with van der Waals surface area (Å²) in [4.78, 5) is 9.00. The Hall–Kier alpha value is -1.96. The maximum absolute atomic E-state index is 6.40. The molecular formula is C17H20Cl2N6O. The maximum Gasteiger partial charge on any atom is 0.297 e. The molecule has 1 saturated carbocycles. The fourth-order valence-electron chi connectivity index (χ4n) is 3.23. The molecule has 0 spiro atoms. The number of rotatable bonds is 4. The monoisotopic (exact) mass is 394 g/mol. The van der Waals surface area contributed by atoms with Crippen LogP contribution < -0.4 is 5.73 Å². The molecule has 2 aromatic heterocycles. The van der Waals surface area contributed by atoms with E-state index in [1.54, 1.807) is 4.68 Å². The van der Waals surface area contributed by atoms with E-state index < -0.39 is 5.54 Å². The van der Waals surface area contributed by atoms with Gasteiger partial charge in [0.25, 0.3) is 5.89 Å². The van der Waals surface area contributed by atoms with Gasteiger partial charge in [-0.3, -0.25) is 0 Å². The third kappa shape index (κ3) is 3.22. The van der Waals surface area contributed by atoms with Crippen LogP contribution in [0.15, 0.2) is 28.8 Å². The number of nitrogens with zero attached hydrogens (tertiary/aromatic N) is 5. The lowest BCUT2D eigenvalue weighted by atomic mass is 9.99. The Labute approximate surface area is 162 Å². The number of aryl methyl sites for hydroxylation is 1. The summed E-state index contributed by atoms with van der Waals surface area (Å²) < 4.78 is 7.11. The highest BCUT2D eigenvalue weighted by Crippen LogP contribution is 2.35. The van der Waals surface area contributed by atoms with Crippen LogP contribution >= 0.6 is 24.0 Å². The van der Waals surface area contributed by atoms with Crippen molar-refractivity contribution in [3.05, 3.63) is 40.9 Å². The van der Waals surface area contributed by atoms with Crippen molar-refractivity contribution in [1.29, 1.82) is 0 Å². The molecule has 1 aliphatic rings. The van der Waals surface area contributed by atoms with E-state index in [9.17, 15) is 0 Å². The van der Waals surface area contributed by atoms with Gasteiger partial charge in [-0.25, -0.2) is 9.67 Å². The summed E-state index contributed by atoms with van der Waals surface area (Å²) in [7, 11) is 0. The van der Waals surface area contributed by atoms with Gasteiger partial charge in [0.2, 0.25) is 5.82 Å². The largest absolute Gasteiger partial charge is 0.330 e. The molecule has 0 atom stereocenters. The van der Waals surface area contributed by atoms with Crippen LogP contribution in [0.4, 0.5) is 0 Å². The molecule has 1 aliphatic carbocycles. The molecule has 3 aromatic rings. The van der Waals surface area contributed by atoms with Crippen LogP contribution in [-0.2, 0) is 12.0 Å². The zero-order valence-electron chi connectivity index (χ0n) is 14.4. The molecule has 2 heterocycles. The van der Waals surface area contributed by atoms with Gasteiger partial charge in [-0.2, -0.15) is 4.98 Å². The first-order valence-corrected chi connectivity index (χ1v) is 8.83. The first kappa shape index (κ1) is 18.8. The molecule has 9 heteroatoms. The molecule has 7 nitrogen and oxygen atoms in total. The molecule has 0 amide bonds. The second-order valence-corrected chi connectivity index (χ2v) is 6.76. The van der Waals surface area contributed by atoms with Crippen molar-refractivity contribution in [1.82, 2.24) is 24.9 Å². The average molecular weight is 395 g/mol. The predicted molar refractivity (Wildman–Crippen MR) is 101 cm³/mol. The number of para-hydroxylation sites is 1. The number of halogens is 2. The molecule has 0 aliphatic heterocycles. The normalized spacial score (nSPS) is 15.8. The van der Waals surface area contributed by atoms with Crippen molar-refractivity contribution >= 4 is 24.0 Å². The summed E-state index contributed by atoms with van der Waals surface area (Å²) in [5.41, 5.74) is 6.67. The summed E-state index contributed by atoms with van der Waals surface area (Å²) >= 11 is 6.29. The Morgan fingerprint density at radius 1 is 1.23 bits per heavy atom. The van der Waals surface area contributed by atoms with Gasteiger partial charge in [0, 0.05) is 6.42 Å². The van der Waals surface area contributed by atoms with E-state index in [2.05, 4.69) is 20.2 Å². The summed E-state index contributed by atoms with van der Waals surface area (Å²) in [5.74, 6) is 1.97. The second-order valence-electron chi connectivity index (χ2n) is 6.35. The lowest BCUT2D eigenvalue weighted by Crippen LogP contribution is -2.34. The molecule has 0 unspecified atom stereocenters. The first-order valence-electron chi connectivity index (χ1n) is 8.45. The van der Waals surface area contributed by atoms with Crippen LogP contribution in [0.25, 0.3) is 17.4 Å². The van der Waals surface area contributed by atoms with Crippen molar-refractivity contribution < 1.29 is 4.52 Å². The summed E-state index contributed by atoms with van der Waals surface area (Å²) in [5, 5.41) is 9.21. The Morgan fingerprint density at radius 2 is 1.96 bits per heavy atom. The van der Waals surface area contributed by atoms with E-state index in [0.717, 1.165) is 37.2 Å². The topological polar surface area (TPSA) is 95.7 Å². The molecular weight excluding hydrogens is 375 g/mol. The van der Waals surface area contributed by atoms with Gasteiger partial charge in [-0.15, -0.1) is 17.5 Å². The van der Waals surface area contributed by atoms with E-state index in [0.29, 0.717) is 23.1 Å². The van der Waals surface area contributed by atoms with Gasteiger partial charge in [0.15, 0.2) is 5.82 Å². The molecule has 26 heavy (non-hydrogen) atoms. The highest BCUT2D eigenvalue weighted by Gasteiger charge is 2.36. The third-order valence-electron chi connectivity index (χ3n) is 4.63. The summed E-state index contributed by atoms with van der Waals surface area (Å²) in [6.45, 7) is 2.01. The van der Waals surface area contributed by atoms with Gasteiger partial charge in [0.1, 0.15) is 5.82 Å². The SMILES string of the molecule is CCc1nc(-c2nc(C3(N)CCCC3)no2)nn1-c1ccccc1Cl.Cl. The number of benzene rings is 1. The number of hydrogen-bond donors (Lipinski definition) is 1. The Morgan fingerprint density at radius 3 is 2.65 bits per heavy atom. The molecule has 0 radical (unpaired) electrons. The van der Waals surface area contributed by atoms with E-state index in [1.807, 2.05) is 31.2 Å². The maximum atomic E-state index is 6.40. The van der Waals surface area contributed by atoms with Crippen LogP contribution in [0.3, 0.4) is 0 Å². The predicted octanol–water partition coefficient (Wildman–Crippen LogP) is 3.68. The highest BCUT2D eigenvalue weighted by atomic mass is 35.5. The van der Waals surface area contributed by atoms with Crippen LogP contribution in [0.1, 0.15) is 44.3 Å². The van der Waals surface area contributed by atoms with E-state index >= 15 is 0 Å². The Bertz CT molecular complexity index is 900.